The van der Waals surface area contributed by atoms with Crippen molar-refractivity contribution in [2.24, 2.45) is 0 Å². The third-order valence-corrected chi connectivity index (χ3v) is 11.1. The van der Waals surface area contributed by atoms with Crippen LogP contribution in [0.1, 0.15) is 54.4 Å². The molecule has 0 fully saturated rings. The van der Waals surface area contributed by atoms with Crippen LogP contribution < -0.4 is 9.47 Å². The predicted molar refractivity (Wildman–Crippen MR) is 138 cm³/mol. The Balaban J connectivity index is 2.43. The lowest BCUT2D eigenvalue weighted by Crippen LogP contribution is -2.46. The fourth-order valence-electron chi connectivity index (χ4n) is 3.59. The number of hydrogen-bond donors (Lipinski definition) is 0. The summed E-state index contributed by atoms with van der Waals surface area (Å²) in [6, 6.07) is 9.17. The van der Waals surface area contributed by atoms with Gasteiger partial charge in [-0.2, -0.15) is 0 Å². The first-order valence-corrected chi connectivity index (χ1v) is 16.6. The van der Waals surface area contributed by atoms with Gasteiger partial charge in [-0.25, -0.2) is 0 Å². The zero-order chi connectivity index (χ0) is 25.1. The van der Waals surface area contributed by atoms with Crippen LogP contribution in [0.15, 0.2) is 24.3 Å². The molecule has 10 heteroatoms. The second kappa shape index (κ2) is 18.3. The fraction of sp³-hybridized carbons (Fsp3) is 0.750. The molecule has 8 nitrogen and oxygen atoms in total. The highest BCUT2D eigenvalue weighted by Crippen LogP contribution is 2.22. The van der Waals surface area contributed by atoms with E-state index in [-0.39, 0.29) is 0 Å². The van der Waals surface area contributed by atoms with E-state index in [1.54, 1.807) is 0 Å². The molecule has 1 rings (SSSR count). The van der Waals surface area contributed by atoms with E-state index in [4.69, 9.17) is 36.0 Å². The van der Waals surface area contributed by atoms with Crippen molar-refractivity contribution in [3.63, 3.8) is 0 Å². The quantitative estimate of drug-likeness (QED) is 0.151. The summed E-state index contributed by atoms with van der Waals surface area (Å²) in [5.41, 5.74) is 0. The van der Waals surface area contributed by atoms with E-state index in [1.165, 1.54) is 0 Å². The molecule has 0 atom stereocenters. The maximum atomic E-state index is 5.90. The highest BCUT2D eigenvalue weighted by molar-refractivity contribution is 6.61. The van der Waals surface area contributed by atoms with Crippen molar-refractivity contribution >= 4 is 17.6 Å². The molecule has 0 saturated heterocycles. The minimum atomic E-state index is -2.62. The van der Waals surface area contributed by atoms with Crippen LogP contribution in [0.5, 0.6) is 11.5 Å². The van der Waals surface area contributed by atoms with Crippen molar-refractivity contribution in [2.75, 3.05) is 52.9 Å². The Bertz CT molecular complexity index is 530. The average Bonchev–Trinajstić information content (AvgIpc) is 2.82. The number of rotatable bonds is 22. The van der Waals surface area contributed by atoms with Gasteiger partial charge in [-0.05, 0) is 78.6 Å². The summed E-state index contributed by atoms with van der Waals surface area (Å²) in [4.78, 5) is 0. The molecule has 0 bridgehead atoms. The van der Waals surface area contributed by atoms with Crippen LogP contribution in [0.4, 0.5) is 0 Å². The molecule has 0 unspecified atom stereocenters. The van der Waals surface area contributed by atoms with Gasteiger partial charge in [-0.1, -0.05) is 0 Å². The molecule has 0 heterocycles. The van der Waals surface area contributed by atoms with Gasteiger partial charge in [0.2, 0.25) is 0 Å². The van der Waals surface area contributed by atoms with E-state index >= 15 is 0 Å². The second-order valence-corrected chi connectivity index (χ2v) is 12.8. The molecule has 198 valence electrons. The standard InChI is InChI=1S/C24H46O8Si2/c1-7-27-33(28-8-2,29-9-3)21-13-19-25-23-15-17-24(18-16-23)26-20-14-22-34(30-10-4,31-11-5)32-12-6/h15-18H,7-14,19-22H2,1-6H3. The predicted octanol–water partition coefficient (Wildman–Crippen LogP) is 5.32. The summed E-state index contributed by atoms with van der Waals surface area (Å²) in [6.07, 6.45) is 1.60. The summed E-state index contributed by atoms with van der Waals surface area (Å²) in [5, 5.41) is 0. The van der Waals surface area contributed by atoms with Crippen molar-refractivity contribution in [1.82, 2.24) is 0 Å². The molecule has 0 aliphatic carbocycles. The largest absolute Gasteiger partial charge is 0.501 e. The summed E-state index contributed by atoms with van der Waals surface area (Å²) < 4.78 is 47.1. The Kier molecular flexibility index (Phi) is 16.7. The SMILES string of the molecule is CCO[Si](CCCOc1ccc(OCCC[Si](OCC)(OCC)OCC)cc1)(OCC)OCC. The zero-order valence-corrected chi connectivity index (χ0v) is 24.1. The van der Waals surface area contributed by atoms with Crippen molar-refractivity contribution in [2.45, 2.75) is 66.5 Å². The van der Waals surface area contributed by atoms with Crippen molar-refractivity contribution in [3.8, 4) is 11.5 Å². The van der Waals surface area contributed by atoms with Gasteiger partial charge in [0.05, 0.1) is 13.2 Å². The lowest BCUT2D eigenvalue weighted by molar-refractivity contribution is 0.0689. The molecule has 0 aliphatic rings. The molecular weight excluding hydrogens is 472 g/mol. The lowest BCUT2D eigenvalue weighted by atomic mass is 10.3. The summed E-state index contributed by atoms with van der Waals surface area (Å²) >= 11 is 0. The van der Waals surface area contributed by atoms with Gasteiger partial charge in [0.15, 0.2) is 0 Å². The topological polar surface area (TPSA) is 73.8 Å². The summed E-state index contributed by atoms with van der Waals surface area (Å²) in [7, 11) is -5.23. The van der Waals surface area contributed by atoms with Crippen molar-refractivity contribution in [1.29, 1.82) is 0 Å². The average molecular weight is 519 g/mol. The van der Waals surface area contributed by atoms with Crippen LogP contribution in [-0.2, 0) is 26.6 Å². The van der Waals surface area contributed by atoms with Gasteiger partial charge in [0.25, 0.3) is 0 Å². The Labute approximate surface area is 208 Å². The van der Waals surface area contributed by atoms with Crippen LogP contribution >= 0.6 is 0 Å². The molecule has 34 heavy (non-hydrogen) atoms. The normalized spacial score (nSPS) is 12.2. The highest BCUT2D eigenvalue weighted by atomic mass is 28.4. The second-order valence-electron chi connectivity index (χ2n) is 7.34. The van der Waals surface area contributed by atoms with Gasteiger partial charge >= 0.3 is 17.6 Å². The molecule has 0 radical (unpaired) electrons. The van der Waals surface area contributed by atoms with Crippen LogP contribution in [0.25, 0.3) is 0 Å². The van der Waals surface area contributed by atoms with Crippen LogP contribution in [0.3, 0.4) is 0 Å². The van der Waals surface area contributed by atoms with Crippen LogP contribution in [0, 0.1) is 0 Å². The first kappa shape index (κ1) is 31.0. The summed E-state index contributed by atoms with van der Waals surface area (Å²) in [5.74, 6) is 1.61. The van der Waals surface area contributed by atoms with Crippen molar-refractivity contribution < 1.29 is 36.0 Å². The molecule has 0 spiro atoms. The Morgan fingerprint density at radius 1 is 0.471 bits per heavy atom. The number of hydrogen-bond acceptors (Lipinski definition) is 8. The van der Waals surface area contributed by atoms with Crippen LogP contribution in [-0.4, -0.2) is 70.5 Å². The van der Waals surface area contributed by atoms with Crippen LogP contribution in [0.2, 0.25) is 12.1 Å². The minimum Gasteiger partial charge on any atom is -0.494 e. The third-order valence-electron chi connectivity index (χ3n) is 4.80. The van der Waals surface area contributed by atoms with Gasteiger partial charge in [-0.15, -0.1) is 0 Å². The molecule has 0 N–H and O–H groups in total. The lowest BCUT2D eigenvalue weighted by Gasteiger charge is -2.28. The van der Waals surface area contributed by atoms with E-state index < -0.39 is 17.6 Å². The van der Waals surface area contributed by atoms with E-state index in [0.717, 1.165) is 36.4 Å². The molecule has 0 saturated carbocycles. The molecule has 0 aromatic heterocycles. The summed E-state index contributed by atoms with van der Waals surface area (Å²) in [6.45, 7) is 16.4. The monoisotopic (exact) mass is 518 g/mol. The van der Waals surface area contributed by atoms with E-state index in [9.17, 15) is 0 Å². The first-order chi connectivity index (χ1) is 16.5. The molecular formula is C24H46O8Si2. The number of ether oxygens (including phenoxy) is 2. The molecule has 1 aromatic rings. The Hall–Kier alpha value is -0.986. The van der Waals surface area contributed by atoms with E-state index in [1.807, 2.05) is 65.8 Å². The van der Waals surface area contributed by atoms with E-state index in [2.05, 4.69) is 0 Å². The van der Waals surface area contributed by atoms with Gasteiger partial charge in [-0.3, -0.25) is 0 Å². The molecule has 1 aromatic carbocycles. The highest BCUT2D eigenvalue weighted by Gasteiger charge is 2.40. The smallest absolute Gasteiger partial charge is 0.494 e. The van der Waals surface area contributed by atoms with E-state index in [0.29, 0.717) is 52.9 Å². The van der Waals surface area contributed by atoms with Gasteiger partial charge in [0, 0.05) is 51.7 Å². The Morgan fingerprint density at radius 2 is 0.735 bits per heavy atom. The first-order valence-electron chi connectivity index (χ1n) is 12.7. The maximum absolute atomic E-state index is 5.90. The Morgan fingerprint density at radius 3 is 0.971 bits per heavy atom. The third kappa shape index (κ3) is 11.6. The molecule has 0 amide bonds. The maximum Gasteiger partial charge on any atom is 0.501 e. The number of benzene rings is 1. The van der Waals surface area contributed by atoms with Gasteiger partial charge < -0.3 is 36.0 Å². The minimum absolute atomic E-state index is 0.571. The molecule has 0 aliphatic heterocycles. The van der Waals surface area contributed by atoms with Crippen molar-refractivity contribution in [3.05, 3.63) is 24.3 Å². The fourth-order valence-corrected chi connectivity index (χ4v) is 8.75. The van der Waals surface area contributed by atoms with Gasteiger partial charge in [0.1, 0.15) is 11.5 Å². The zero-order valence-electron chi connectivity index (χ0n) is 22.1.